The third kappa shape index (κ3) is 3.02. The Hall–Kier alpha value is -4.05. The first-order valence-electron chi connectivity index (χ1n) is 12.5. The van der Waals surface area contributed by atoms with E-state index in [9.17, 15) is 4.79 Å². The van der Waals surface area contributed by atoms with Gasteiger partial charge in [0.15, 0.2) is 0 Å². The molecular formula is C31H27N3O. The highest BCUT2D eigenvalue weighted by Gasteiger charge is 2.33. The van der Waals surface area contributed by atoms with Crippen LogP contribution in [-0.2, 0) is 0 Å². The molecule has 2 atom stereocenters. The van der Waals surface area contributed by atoms with E-state index in [1.165, 1.54) is 49.6 Å². The van der Waals surface area contributed by atoms with Gasteiger partial charge in [-0.2, -0.15) is 0 Å². The summed E-state index contributed by atoms with van der Waals surface area (Å²) in [6, 6.07) is 25.6. The monoisotopic (exact) mass is 457 g/mol. The number of benzene rings is 3. The number of aromatic amines is 2. The molecule has 1 aliphatic carbocycles. The number of hydrogen-bond donors (Lipinski definition) is 2. The molecule has 172 valence electrons. The number of fused-ring (bicyclic) bond motifs is 5. The van der Waals surface area contributed by atoms with Crippen molar-refractivity contribution in [2.24, 2.45) is 0 Å². The van der Waals surface area contributed by atoms with Crippen LogP contribution in [0, 0.1) is 0 Å². The van der Waals surface area contributed by atoms with Gasteiger partial charge in [-0.05, 0) is 47.7 Å². The minimum Gasteiger partial charge on any atom is -0.361 e. The number of hydrogen-bond acceptors (Lipinski definition) is 1. The minimum absolute atomic E-state index is 0.0527. The first kappa shape index (κ1) is 20.3. The number of nitrogens with one attached hydrogen (secondary N) is 2. The van der Waals surface area contributed by atoms with E-state index in [0.717, 1.165) is 24.8 Å². The van der Waals surface area contributed by atoms with Crippen LogP contribution >= 0.6 is 0 Å². The van der Waals surface area contributed by atoms with Gasteiger partial charge in [0, 0.05) is 64.0 Å². The Morgan fingerprint density at radius 2 is 1.49 bits per heavy atom. The Kier molecular flexibility index (Phi) is 4.50. The summed E-state index contributed by atoms with van der Waals surface area (Å²) in [6.45, 7) is 1.65. The maximum atomic E-state index is 12.5. The van der Waals surface area contributed by atoms with Gasteiger partial charge in [0.05, 0.1) is 5.52 Å². The summed E-state index contributed by atoms with van der Waals surface area (Å²) in [4.78, 5) is 19.9. The van der Waals surface area contributed by atoms with Gasteiger partial charge < -0.3 is 9.97 Å². The van der Waals surface area contributed by atoms with Crippen LogP contribution in [-0.4, -0.2) is 20.4 Å². The van der Waals surface area contributed by atoms with Crippen LogP contribution in [0.2, 0.25) is 0 Å². The Morgan fingerprint density at radius 1 is 0.800 bits per heavy atom. The van der Waals surface area contributed by atoms with Gasteiger partial charge in [0.2, 0.25) is 5.91 Å². The molecule has 0 aliphatic heterocycles. The molecule has 0 saturated carbocycles. The van der Waals surface area contributed by atoms with E-state index < -0.39 is 0 Å². The zero-order valence-corrected chi connectivity index (χ0v) is 19.7. The maximum Gasteiger partial charge on any atom is 0.227 e. The van der Waals surface area contributed by atoms with Crippen molar-refractivity contribution in [2.45, 2.75) is 38.0 Å². The van der Waals surface area contributed by atoms with E-state index in [0.29, 0.717) is 5.92 Å². The second-order valence-electron chi connectivity index (χ2n) is 9.81. The second kappa shape index (κ2) is 7.74. The lowest BCUT2D eigenvalue weighted by Gasteiger charge is -2.18. The number of H-pyrrole nitrogens is 2. The van der Waals surface area contributed by atoms with Crippen molar-refractivity contribution in [3.8, 4) is 0 Å². The Balaban J connectivity index is 1.49. The summed E-state index contributed by atoms with van der Waals surface area (Å²) < 4.78 is 1.82. The number of carbonyl (C=O) groups is 1. The zero-order valence-electron chi connectivity index (χ0n) is 19.7. The summed E-state index contributed by atoms with van der Waals surface area (Å²) in [7, 11) is 0. The van der Waals surface area contributed by atoms with Gasteiger partial charge in [-0.15, -0.1) is 0 Å². The SMILES string of the molecule is CC(=O)n1cc([C@@H]2CCC[C@H](c3c[nH]c4ccccc34)c3[nH]c4ccccc4c32)c2ccccc21. The standard InChI is InChI=1S/C31H27N3O/c1-19(35)34-18-26(21-10-4-7-16-29(21)34)22-12-8-13-23(25-17-32-27-14-5-2-9-20(25)27)31-30(22)24-11-3-6-15-28(24)33-31/h2-7,9-11,14-18,22-23,32-33H,8,12-13H2,1H3/t22-,23+/m0/s1. The van der Waals surface area contributed by atoms with Gasteiger partial charge in [-0.25, -0.2) is 0 Å². The average Bonchev–Trinajstić information content (AvgIpc) is 3.56. The van der Waals surface area contributed by atoms with Crippen molar-refractivity contribution in [2.75, 3.05) is 0 Å². The molecule has 3 heterocycles. The fourth-order valence-electron chi connectivity index (χ4n) is 6.40. The largest absolute Gasteiger partial charge is 0.361 e. The van der Waals surface area contributed by atoms with Crippen LogP contribution in [0.5, 0.6) is 0 Å². The highest BCUT2D eigenvalue weighted by atomic mass is 16.1. The maximum absolute atomic E-state index is 12.5. The molecule has 1 aliphatic rings. The second-order valence-corrected chi connectivity index (χ2v) is 9.81. The predicted molar refractivity (Wildman–Crippen MR) is 142 cm³/mol. The quantitative estimate of drug-likeness (QED) is 0.257. The van der Waals surface area contributed by atoms with Crippen molar-refractivity contribution < 1.29 is 4.79 Å². The van der Waals surface area contributed by atoms with Crippen molar-refractivity contribution >= 4 is 38.6 Å². The number of carbonyl (C=O) groups excluding carboxylic acids is 1. The fraction of sp³-hybridized carbons (Fsp3) is 0.194. The lowest BCUT2D eigenvalue weighted by atomic mass is 9.85. The molecule has 3 aromatic heterocycles. The Labute approximate surface area is 203 Å². The molecule has 0 amide bonds. The number of para-hydroxylation sites is 3. The van der Waals surface area contributed by atoms with Crippen molar-refractivity contribution in [3.63, 3.8) is 0 Å². The summed E-state index contributed by atoms with van der Waals surface area (Å²) in [6.07, 6.45) is 7.55. The molecule has 0 fully saturated rings. The topological polar surface area (TPSA) is 53.6 Å². The molecule has 4 heteroatoms. The molecule has 6 aromatic rings. The van der Waals surface area contributed by atoms with Crippen molar-refractivity contribution in [1.82, 2.24) is 14.5 Å². The zero-order chi connectivity index (χ0) is 23.5. The van der Waals surface area contributed by atoms with Crippen LogP contribution in [0.15, 0.2) is 85.2 Å². The molecule has 0 saturated heterocycles. The molecule has 2 N–H and O–H groups in total. The lowest BCUT2D eigenvalue weighted by Crippen LogP contribution is -2.05. The third-order valence-electron chi connectivity index (χ3n) is 7.91. The number of aromatic nitrogens is 3. The molecule has 0 bridgehead atoms. The predicted octanol–water partition coefficient (Wildman–Crippen LogP) is 7.71. The van der Waals surface area contributed by atoms with Gasteiger partial charge in [-0.1, -0.05) is 61.0 Å². The lowest BCUT2D eigenvalue weighted by molar-refractivity contribution is 0.0941. The number of rotatable bonds is 2. The van der Waals surface area contributed by atoms with Crippen LogP contribution in [0.1, 0.15) is 65.2 Å². The van der Waals surface area contributed by atoms with Crippen LogP contribution in [0.3, 0.4) is 0 Å². The van der Waals surface area contributed by atoms with E-state index in [1.54, 1.807) is 6.92 Å². The summed E-state index contributed by atoms with van der Waals surface area (Å²) in [5, 5.41) is 3.77. The van der Waals surface area contributed by atoms with E-state index in [-0.39, 0.29) is 11.8 Å². The molecule has 0 spiro atoms. The third-order valence-corrected chi connectivity index (χ3v) is 7.91. The van der Waals surface area contributed by atoms with Gasteiger partial charge in [-0.3, -0.25) is 9.36 Å². The molecule has 0 radical (unpaired) electrons. The van der Waals surface area contributed by atoms with Crippen LogP contribution in [0.25, 0.3) is 32.7 Å². The highest BCUT2D eigenvalue weighted by molar-refractivity contribution is 5.95. The first-order valence-corrected chi connectivity index (χ1v) is 12.5. The van der Waals surface area contributed by atoms with Gasteiger partial charge in [0.1, 0.15) is 0 Å². The van der Waals surface area contributed by atoms with Gasteiger partial charge >= 0.3 is 0 Å². The number of nitrogens with zero attached hydrogens (tertiary/aromatic N) is 1. The summed E-state index contributed by atoms with van der Waals surface area (Å²) in [5.41, 5.74) is 8.68. The van der Waals surface area contributed by atoms with E-state index in [2.05, 4.69) is 89.1 Å². The normalized spacial score (nSPS) is 18.2. The Bertz CT molecular complexity index is 1730. The van der Waals surface area contributed by atoms with Crippen LogP contribution < -0.4 is 0 Å². The van der Waals surface area contributed by atoms with Crippen molar-refractivity contribution in [3.05, 3.63) is 108 Å². The smallest absolute Gasteiger partial charge is 0.227 e. The minimum atomic E-state index is 0.0527. The average molecular weight is 458 g/mol. The summed E-state index contributed by atoms with van der Waals surface area (Å²) in [5.74, 6) is 0.568. The van der Waals surface area contributed by atoms with E-state index in [4.69, 9.17) is 0 Å². The molecular weight excluding hydrogens is 430 g/mol. The van der Waals surface area contributed by atoms with Gasteiger partial charge in [0.25, 0.3) is 0 Å². The Morgan fingerprint density at radius 3 is 2.31 bits per heavy atom. The molecule has 3 aromatic carbocycles. The molecule has 0 unspecified atom stereocenters. The summed E-state index contributed by atoms with van der Waals surface area (Å²) >= 11 is 0. The fourth-order valence-corrected chi connectivity index (χ4v) is 6.40. The molecule has 4 nitrogen and oxygen atoms in total. The van der Waals surface area contributed by atoms with E-state index >= 15 is 0 Å². The van der Waals surface area contributed by atoms with E-state index in [1.807, 2.05) is 10.6 Å². The molecule has 35 heavy (non-hydrogen) atoms. The first-order chi connectivity index (χ1) is 17.2. The van der Waals surface area contributed by atoms with Crippen molar-refractivity contribution in [1.29, 1.82) is 0 Å². The van der Waals surface area contributed by atoms with Crippen LogP contribution in [0.4, 0.5) is 0 Å². The molecule has 7 rings (SSSR count). The highest BCUT2D eigenvalue weighted by Crippen LogP contribution is 2.48.